The highest BCUT2D eigenvalue weighted by Gasteiger charge is 2.31. The van der Waals surface area contributed by atoms with Gasteiger partial charge in [-0.3, -0.25) is 9.69 Å². The zero-order chi connectivity index (χ0) is 17.9. The van der Waals surface area contributed by atoms with Gasteiger partial charge in [0.2, 0.25) is 5.91 Å². The lowest BCUT2D eigenvalue weighted by molar-refractivity contribution is -0.122. The van der Waals surface area contributed by atoms with E-state index in [4.69, 9.17) is 9.26 Å². The zero-order valence-electron chi connectivity index (χ0n) is 15.1. The number of nitrogens with one attached hydrogen (secondary N) is 1. The van der Waals surface area contributed by atoms with Gasteiger partial charge < -0.3 is 14.6 Å². The average Bonchev–Trinajstić information content (AvgIpc) is 3.34. The maximum atomic E-state index is 12.4. The highest BCUT2D eigenvalue weighted by molar-refractivity contribution is 5.76. The summed E-state index contributed by atoms with van der Waals surface area (Å²) in [7, 11) is 0. The van der Waals surface area contributed by atoms with E-state index in [1.165, 1.54) is 11.1 Å². The smallest absolute Gasteiger partial charge is 0.221 e. The molecule has 138 valence electrons. The maximum Gasteiger partial charge on any atom is 0.221 e. The normalized spacial score (nSPS) is 22.5. The van der Waals surface area contributed by atoms with E-state index < -0.39 is 0 Å². The Kier molecular flexibility index (Phi) is 5.04. The molecule has 1 saturated heterocycles. The number of nitrogens with zero attached hydrogens (tertiary/aromatic N) is 2. The van der Waals surface area contributed by atoms with Crippen molar-refractivity contribution >= 4 is 5.91 Å². The van der Waals surface area contributed by atoms with Gasteiger partial charge in [-0.25, -0.2) is 0 Å². The lowest BCUT2D eigenvalue weighted by Gasteiger charge is -2.19. The van der Waals surface area contributed by atoms with E-state index in [0.717, 1.165) is 37.5 Å². The second-order valence-corrected chi connectivity index (χ2v) is 7.34. The van der Waals surface area contributed by atoms with Gasteiger partial charge in [-0.2, -0.15) is 0 Å². The van der Waals surface area contributed by atoms with Gasteiger partial charge in [0, 0.05) is 44.5 Å². The molecule has 0 spiro atoms. The van der Waals surface area contributed by atoms with Crippen LogP contribution >= 0.6 is 0 Å². The molecular formula is C20H25N3O3. The van der Waals surface area contributed by atoms with E-state index in [0.29, 0.717) is 19.6 Å². The monoisotopic (exact) mass is 355 g/mol. The number of carbonyl (C=O) groups is 1. The quantitative estimate of drug-likeness (QED) is 0.859. The number of amides is 1. The van der Waals surface area contributed by atoms with E-state index >= 15 is 0 Å². The van der Waals surface area contributed by atoms with E-state index in [1.807, 2.05) is 13.0 Å². The third-order valence-electron chi connectivity index (χ3n) is 5.25. The topological polar surface area (TPSA) is 67.6 Å². The summed E-state index contributed by atoms with van der Waals surface area (Å²) in [5.74, 6) is 1.18. The number of hydrogen-bond acceptors (Lipinski definition) is 5. The van der Waals surface area contributed by atoms with Crippen molar-refractivity contribution in [1.82, 2.24) is 15.4 Å². The van der Waals surface area contributed by atoms with Crippen LogP contribution in [0.2, 0.25) is 0 Å². The van der Waals surface area contributed by atoms with Gasteiger partial charge in [0.15, 0.2) is 0 Å². The van der Waals surface area contributed by atoms with Crippen molar-refractivity contribution in [3.8, 4) is 0 Å². The van der Waals surface area contributed by atoms with Crippen LogP contribution in [0.25, 0.3) is 0 Å². The number of ether oxygens (including phenoxy) is 1. The van der Waals surface area contributed by atoms with Crippen molar-refractivity contribution in [2.75, 3.05) is 19.8 Å². The Labute approximate surface area is 153 Å². The largest absolute Gasteiger partial charge is 0.379 e. The fraction of sp³-hybridized carbons (Fsp3) is 0.500. The maximum absolute atomic E-state index is 12.4. The number of aryl methyl sites for hydroxylation is 1. The Morgan fingerprint density at radius 1 is 1.27 bits per heavy atom. The Morgan fingerprint density at radius 2 is 2.04 bits per heavy atom. The van der Waals surface area contributed by atoms with Gasteiger partial charge in [-0.05, 0) is 18.1 Å². The highest BCUT2D eigenvalue weighted by Crippen LogP contribution is 2.22. The Hall–Kier alpha value is -2.18. The van der Waals surface area contributed by atoms with Crippen LogP contribution in [0.5, 0.6) is 0 Å². The number of benzene rings is 1. The fourth-order valence-electron chi connectivity index (χ4n) is 3.83. The second-order valence-electron chi connectivity index (χ2n) is 7.34. The lowest BCUT2D eigenvalue weighted by Crippen LogP contribution is -2.41. The lowest BCUT2D eigenvalue weighted by atomic mass is 9.98. The molecule has 6 nitrogen and oxygen atoms in total. The minimum absolute atomic E-state index is 0.0451. The van der Waals surface area contributed by atoms with Gasteiger partial charge in [0.05, 0.1) is 24.9 Å². The minimum Gasteiger partial charge on any atom is -0.379 e. The first-order chi connectivity index (χ1) is 12.7. The van der Waals surface area contributed by atoms with Gasteiger partial charge in [0.1, 0.15) is 5.76 Å². The summed E-state index contributed by atoms with van der Waals surface area (Å²) >= 11 is 0. The van der Waals surface area contributed by atoms with Crippen LogP contribution in [-0.2, 0) is 29.0 Å². The second kappa shape index (κ2) is 7.60. The van der Waals surface area contributed by atoms with Crippen molar-refractivity contribution in [1.29, 1.82) is 0 Å². The summed E-state index contributed by atoms with van der Waals surface area (Å²) in [5, 5.41) is 7.08. The van der Waals surface area contributed by atoms with Gasteiger partial charge in [-0.1, -0.05) is 29.4 Å². The first-order valence-electron chi connectivity index (χ1n) is 9.26. The molecule has 6 heteroatoms. The van der Waals surface area contributed by atoms with Crippen molar-refractivity contribution in [2.45, 2.75) is 38.9 Å². The van der Waals surface area contributed by atoms with Crippen LogP contribution < -0.4 is 5.32 Å². The highest BCUT2D eigenvalue weighted by atomic mass is 16.5. The van der Waals surface area contributed by atoms with Gasteiger partial charge >= 0.3 is 0 Å². The number of fused-ring (bicyclic) bond motifs is 1. The van der Waals surface area contributed by atoms with Crippen molar-refractivity contribution < 1.29 is 14.1 Å². The van der Waals surface area contributed by atoms with Crippen LogP contribution in [0.15, 0.2) is 34.9 Å². The molecule has 0 unspecified atom stereocenters. The van der Waals surface area contributed by atoms with Crippen LogP contribution in [-0.4, -0.2) is 41.8 Å². The van der Waals surface area contributed by atoms with E-state index in [1.54, 1.807) is 0 Å². The third kappa shape index (κ3) is 3.97. The van der Waals surface area contributed by atoms with Crippen LogP contribution in [0.3, 0.4) is 0 Å². The number of carbonyl (C=O) groups excluding carboxylic acids is 1. The first kappa shape index (κ1) is 17.2. The van der Waals surface area contributed by atoms with Gasteiger partial charge in [0.25, 0.3) is 0 Å². The zero-order valence-corrected chi connectivity index (χ0v) is 15.1. The molecule has 1 aromatic carbocycles. The Bertz CT molecular complexity index is 748. The summed E-state index contributed by atoms with van der Waals surface area (Å²) in [4.78, 5) is 14.7. The Morgan fingerprint density at radius 3 is 2.73 bits per heavy atom. The molecule has 26 heavy (non-hydrogen) atoms. The Balaban J connectivity index is 1.24. The number of aromatic nitrogens is 1. The first-order valence-corrected chi connectivity index (χ1v) is 9.26. The van der Waals surface area contributed by atoms with Crippen molar-refractivity contribution in [3.63, 3.8) is 0 Å². The molecule has 0 radical (unpaired) electrons. The van der Waals surface area contributed by atoms with E-state index in [-0.39, 0.29) is 17.9 Å². The molecule has 2 aliphatic rings. The number of rotatable bonds is 6. The standard InChI is InChI=1S/C20H25N3O3/c1-14-8-18(26-22-14)9-17-12-25-13-19(17)21-20(24)6-7-23-10-15-4-2-3-5-16(15)11-23/h2-5,8,17,19H,6-7,9-13H2,1H3,(H,21,24)/t17-,19+/m1/s1. The molecule has 4 rings (SSSR count). The average molecular weight is 355 g/mol. The van der Waals surface area contributed by atoms with Crippen molar-refractivity contribution in [3.05, 3.63) is 52.9 Å². The van der Waals surface area contributed by atoms with E-state index in [2.05, 4.69) is 39.6 Å². The predicted molar refractivity (Wildman–Crippen MR) is 96.4 cm³/mol. The third-order valence-corrected chi connectivity index (χ3v) is 5.25. The molecule has 2 aliphatic heterocycles. The molecular weight excluding hydrogens is 330 g/mol. The predicted octanol–water partition coefficient (Wildman–Crippen LogP) is 2.06. The SMILES string of the molecule is Cc1cc(C[C@@H]2COC[C@@H]2NC(=O)CCN2Cc3ccccc3C2)on1. The molecule has 0 aliphatic carbocycles. The summed E-state index contributed by atoms with van der Waals surface area (Å²) < 4.78 is 10.9. The fourth-order valence-corrected chi connectivity index (χ4v) is 3.83. The van der Waals surface area contributed by atoms with E-state index in [9.17, 15) is 4.79 Å². The van der Waals surface area contributed by atoms with Crippen LogP contribution in [0.1, 0.15) is 29.0 Å². The van der Waals surface area contributed by atoms with Crippen molar-refractivity contribution in [2.24, 2.45) is 5.92 Å². The molecule has 0 saturated carbocycles. The summed E-state index contributed by atoms with van der Waals surface area (Å²) in [6, 6.07) is 10.5. The minimum atomic E-state index is 0.0451. The molecule has 3 heterocycles. The van der Waals surface area contributed by atoms with Crippen LogP contribution in [0.4, 0.5) is 0 Å². The molecule has 1 amide bonds. The number of hydrogen-bond donors (Lipinski definition) is 1. The summed E-state index contributed by atoms with van der Waals surface area (Å²) in [6.45, 7) is 5.77. The molecule has 1 aromatic heterocycles. The summed E-state index contributed by atoms with van der Waals surface area (Å²) in [6.07, 6.45) is 1.26. The van der Waals surface area contributed by atoms with Gasteiger partial charge in [-0.15, -0.1) is 0 Å². The molecule has 2 atom stereocenters. The molecule has 2 aromatic rings. The molecule has 0 bridgehead atoms. The molecule has 1 fully saturated rings. The summed E-state index contributed by atoms with van der Waals surface area (Å²) in [5.41, 5.74) is 3.63. The van der Waals surface area contributed by atoms with Crippen LogP contribution in [0, 0.1) is 12.8 Å². The molecule has 1 N–H and O–H groups in total.